The lowest BCUT2D eigenvalue weighted by Gasteiger charge is -2.18. The molecule has 0 aromatic carbocycles. The highest BCUT2D eigenvalue weighted by Crippen LogP contribution is 2.12. The molecule has 0 N–H and O–H groups in total. The third-order valence-electron chi connectivity index (χ3n) is 10.0. The summed E-state index contributed by atoms with van der Waals surface area (Å²) in [5, 5.41) is 0. The van der Waals surface area contributed by atoms with E-state index in [1.807, 2.05) is 128 Å². The van der Waals surface area contributed by atoms with Crippen LogP contribution in [0.4, 0.5) is 0 Å². The van der Waals surface area contributed by atoms with E-state index in [1.54, 1.807) is 0 Å². The van der Waals surface area contributed by atoms with E-state index in [1.165, 1.54) is 44.9 Å². The van der Waals surface area contributed by atoms with E-state index in [0.717, 1.165) is 77.0 Å². The molecule has 0 heterocycles. The fourth-order valence-corrected chi connectivity index (χ4v) is 6.19. The molecule has 370 valence electrons. The zero-order valence-corrected chi connectivity index (χ0v) is 42.1. The predicted octanol–water partition coefficient (Wildman–Crippen LogP) is 17.2. The molecular formula is C61H90O6. The number of carbonyl (C=O) groups excluding carboxylic acids is 3. The van der Waals surface area contributed by atoms with Gasteiger partial charge in [0.05, 0.1) is 0 Å². The fourth-order valence-electron chi connectivity index (χ4n) is 6.19. The molecule has 0 saturated carbocycles. The Kier molecular flexibility index (Phi) is 49.2. The van der Waals surface area contributed by atoms with Gasteiger partial charge >= 0.3 is 17.9 Å². The van der Waals surface area contributed by atoms with Crippen molar-refractivity contribution in [2.45, 2.75) is 181 Å². The van der Waals surface area contributed by atoms with Crippen LogP contribution in [0.2, 0.25) is 0 Å². The van der Waals surface area contributed by atoms with Gasteiger partial charge in [-0.15, -0.1) is 0 Å². The normalized spacial score (nSPS) is 13.5. The second-order valence-electron chi connectivity index (χ2n) is 16.3. The van der Waals surface area contributed by atoms with Crippen LogP contribution in [0, 0.1) is 0 Å². The maximum atomic E-state index is 12.8. The lowest BCUT2D eigenvalue weighted by Crippen LogP contribution is -2.30. The molecule has 0 spiro atoms. The van der Waals surface area contributed by atoms with Crippen molar-refractivity contribution in [3.63, 3.8) is 0 Å². The van der Waals surface area contributed by atoms with Gasteiger partial charge in [0.15, 0.2) is 6.10 Å². The van der Waals surface area contributed by atoms with Crippen molar-refractivity contribution in [2.24, 2.45) is 0 Å². The summed E-state index contributed by atoms with van der Waals surface area (Å²) in [4.78, 5) is 38.0. The molecule has 1 atom stereocenters. The highest BCUT2D eigenvalue weighted by Gasteiger charge is 2.19. The topological polar surface area (TPSA) is 78.9 Å². The molecule has 0 aliphatic heterocycles. The zero-order valence-electron chi connectivity index (χ0n) is 42.1. The minimum atomic E-state index is -0.840. The molecule has 0 bridgehead atoms. The standard InChI is InChI=1S/C61H90O6/c1-4-7-10-13-16-19-22-25-27-29-30-32-33-36-39-42-45-48-51-54-60(63)66-57-58(56-65-59(62)53-50-47-44-41-38-35-24-21-18-15-12-9-6-3)67-61(64)55-52-49-46-43-40-37-34-31-28-26-23-20-17-14-11-8-5-2/h7,9-10,12-13,15-22,24-30,32-33,35-36,38-39,41,44,58H,4-6,8,11,14,23,31,34,37,40,42-43,45-57H2,1-3H3/b10-7-,12-9-,16-13-,18-15-,20-17-,22-19-,24-21-,27-25-,28-26-,30-29+,33-32-,38-35-,39-36-,44-41-. The lowest BCUT2D eigenvalue weighted by atomic mass is 10.1. The van der Waals surface area contributed by atoms with Gasteiger partial charge in [0.1, 0.15) is 13.2 Å². The molecule has 6 nitrogen and oxygen atoms in total. The van der Waals surface area contributed by atoms with Crippen molar-refractivity contribution < 1.29 is 28.6 Å². The first-order valence-corrected chi connectivity index (χ1v) is 25.8. The molecule has 0 amide bonds. The molecule has 6 heteroatoms. The highest BCUT2D eigenvalue weighted by atomic mass is 16.6. The Bertz CT molecular complexity index is 1620. The van der Waals surface area contributed by atoms with Crippen molar-refractivity contribution in [3.8, 4) is 0 Å². The largest absolute Gasteiger partial charge is 0.462 e. The summed E-state index contributed by atoms with van der Waals surface area (Å²) in [6, 6.07) is 0. The fraction of sp³-hybridized carbons (Fsp3) is 0.492. The molecule has 1 unspecified atom stereocenters. The van der Waals surface area contributed by atoms with Gasteiger partial charge in [-0.3, -0.25) is 14.4 Å². The molecule has 67 heavy (non-hydrogen) atoms. The SMILES string of the molecule is CC\C=C/C=C\C=C/C=C\C=C/CCCC(=O)OCC(COC(=O)CCCCC\C=C/C=C\C=C\C=C/C=C\C=C/C=C\CC)OC(=O)CCCCCCCCC/C=C\C/C=C\CCCCC. The van der Waals surface area contributed by atoms with Gasteiger partial charge in [-0.1, -0.05) is 242 Å². The Morgan fingerprint density at radius 2 is 0.657 bits per heavy atom. The Morgan fingerprint density at radius 3 is 1.10 bits per heavy atom. The van der Waals surface area contributed by atoms with Crippen LogP contribution in [0.3, 0.4) is 0 Å². The van der Waals surface area contributed by atoms with Gasteiger partial charge in [0.2, 0.25) is 0 Å². The smallest absolute Gasteiger partial charge is 0.306 e. The molecule has 0 fully saturated rings. The summed E-state index contributed by atoms with van der Waals surface area (Å²) in [6.07, 6.45) is 79.1. The van der Waals surface area contributed by atoms with E-state index in [4.69, 9.17) is 14.2 Å². The summed E-state index contributed by atoms with van der Waals surface area (Å²) in [5.74, 6) is -1.08. The van der Waals surface area contributed by atoms with Crippen LogP contribution in [-0.2, 0) is 28.6 Å². The maximum Gasteiger partial charge on any atom is 0.306 e. The number of allylic oxidation sites excluding steroid dienone is 28. The molecule has 0 aromatic heterocycles. The van der Waals surface area contributed by atoms with Crippen molar-refractivity contribution in [1.29, 1.82) is 0 Å². The lowest BCUT2D eigenvalue weighted by molar-refractivity contribution is -0.167. The Morgan fingerprint density at radius 1 is 0.328 bits per heavy atom. The van der Waals surface area contributed by atoms with Crippen molar-refractivity contribution in [3.05, 3.63) is 170 Å². The van der Waals surface area contributed by atoms with E-state index in [9.17, 15) is 14.4 Å². The Hall–Kier alpha value is -5.23. The number of hydrogen-bond acceptors (Lipinski definition) is 6. The van der Waals surface area contributed by atoms with Crippen molar-refractivity contribution in [1.82, 2.24) is 0 Å². The van der Waals surface area contributed by atoms with Crippen molar-refractivity contribution in [2.75, 3.05) is 13.2 Å². The molecule has 0 saturated heterocycles. The first-order valence-electron chi connectivity index (χ1n) is 25.8. The number of hydrogen-bond donors (Lipinski definition) is 0. The number of unbranched alkanes of at least 4 members (excludes halogenated alkanes) is 14. The second kappa shape index (κ2) is 53.4. The summed E-state index contributed by atoms with van der Waals surface area (Å²) >= 11 is 0. The first kappa shape index (κ1) is 61.8. The molecular weight excluding hydrogens is 829 g/mol. The van der Waals surface area contributed by atoms with Crippen LogP contribution in [0.15, 0.2) is 170 Å². The summed E-state index contributed by atoms with van der Waals surface area (Å²) < 4.78 is 16.7. The summed E-state index contributed by atoms with van der Waals surface area (Å²) in [7, 11) is 0. The number of esters is 3. The third-order valence-corrected chi connectivity index (χ3v) is 10.0. The van der Waals surface area contributed by atoms with Crippen LogP contribution in [0.5, 0.6) is 0 Å². The molecule has 0 aliphatic rings. The third kappa shape index (κ3) is 51.6. The van der Waals surface area contributed by atoms with Crippen LogP contribution in [0.1, 0.15) is 175 Å². The van der Waals surface area contributed by atoms with E-state index in [-0.39, 0.29) is 50.4 Å². The highest BCUT2D eigenvalue weighted by molar-refractivity contribution is 5.71. The Labute approximate surface area is 409 Å². The summed E-state index contributed by atoms with van der Waals surface area (Å²) in [6.45, 7) is 6.18. The minimum Gasteiger partial charge on any atom is -0.462 e. The first-order chi connectivity index (χ1) is 33.0. The number of rotatable bonds is 43. The van der Waals surface area contributed by atoms with E-state index in [2.05, 4.69) is 63.3 Å². The van der Waals surface area contributed by atoms with E-state index >= 15 is 0 Å². The van der Waals surface area contributed by atoms with Gasteiger partial charge in [-0.25, -0.2) is 0 Å². The van der Waals surface area contributed by atoms with Gasteiger partial charge in [0, 0.05) is 19.3 Å². The number of ether oxygens (including phenoxy) is 3. The van der Waals surface area contributed by atoms with E-state index < -0.39 is 6.10 Å². The van der Waals surface area contributed by atoms with Crippen LogP contribution in [0.25, 0.3) is 0 Å². The van der Waals surface area contributed by atoms with Crippen LogP contribution < -0.4 is 0 Å². The van der Waals surface area contributed by atoms with Gasteiger partial charge in [-0.2, -0.15) is 0 Å². The quantitative estimate of drug-likeness (QED) is 0.0199. The molecule has 0 aliphatic carbocycles. The minimum absolute atomic E-state index is 0.137. The van der Waals surface area contributed by atoms with Gasteiger partial charge < -0.3 is 14.2 Å². The van der Waals surface area contributed by atoms with Gasteiger partial charge in [-0.05, 0) is 83.5 Å². The maximum absolute atomic E-state index is 12.8. The van der Waals surface area contributed by atoms with Crippen molar-refractivity contribution >= 4 is 17.9 Å². The van der Waals surface area contributed by atoms with Crippen LogP contribution >= 0.6 is 0 Å². The number of carbonyl (C=O) groups is 3. The molecule has 0 radical (unpaired) electrons. The van der Waals surface area contributed by atoms with Crippen LogP contribution in [-0.4, -0.2) is 37.2 Å². The zero-order chi connectivity index (χ0) is 48.6. The predicted molar refractivity (Wildman–Crippen MR) is 288 cm³/mol. The second-order valence-corrected chi connectivity index (χ2v) is 16.3. The van der Waals surface area contributed by atoms with E-state index in [0.29, 0.717) is 12.8 Å². The molecule has 0 aromatic rings. The average Bonchev–Trinajstić information content (AvgIpc) is 3.33. The van der Waals surface area contributed by atoms with Gasteiger partial charge in [0.25, 0.3) is 0 Å². The summed E-state index contributed by atoms with van der Waals surface area (Å²) in [5.41, 5.74) is 0. The monoisotopic (exact) mass is 919 g/mol. The molecule has 0 rings (SSSR count). The average molecular weight is 919 g/mol. The Balaban J connectivity index is 4.63.